The predicted octanol–water partition coefficient (Wildman–Crippen LogP) is -1.06. The zero-order valence-electron chi connectivity index (χ0n) is 27.7. The Morgan fingerprint density at radius 1 is 1.04 bits per heavy atom. The van der Waals surface area contributed by atoms with E-state index in [2.05, 4.69) is 15.7 Å². The number of carbonyl (C=O) groups is 3. The van der Waals surface area contributed by atoms with E-state index in [1.807, 2.05) is 36.4 Å². The minimum Gasteiger partial charge on any atom is -0.443 e. The predicted molar refractivity (Wildman–Crippen MR) is 177 cm³/mol. The van der Waals surface area contributed by atoms with Crippen LogP contribution >= 0.6 is 0 Å². The summed E-state index contributed by atoms with van der Waals surface area (Å²) in [6.45, 7) is 5.35. The number of carbonyl (C=O) groups excluding carboxylic acids is 3. The normalized spacial score (nSPS) is 23.0. The van der Waals surface area contributed by atoms with Crippen LogP contribution < -0.4 is 21.1 Å². The lowest BCUT2D eigenvalue weighted by Crippen LogP contribution is -2.60. The van der Waals surface area contributed by atoms with Crippen LogP contribution in [-0.4, -0.2) is 122 Å². The van der Waals surface area contributed by atoms with Gasteiger partial charge < -0.3 is 51.2 Å². The fourth-order valence-corrected chi connectivity index (χ4v) is 6.26. The topological polar surface area (TPSA) is 222 Å². The minimum atomic E-state index is -1.65. The van der Waals surface area contributed by atoms with Crippen LogP contribution in [-0.2, 0) is 38.5 Å². The zero-order valence-corrected chi connectivity index (χ0v) is 27.7. The van der Waals surface area contributed by atoms with Gasteiger partial charge in [0.15, 0.2) is 0 Å². The molecular weight excluding hydrogens is 636 g/mol. The van der Waals surface area contributed by atoms with Crippen molar-refractivity contribution in [1.29, 1.82) is 0 Å². The van der Waals surface area contributed by atoms with E-state index in [4.69, 9.17) is 15.2 Å². The van der Waals surface area contributed by atoms with Crippen molar-refractivity contribution in [2.75, 3.05) is 32.8 Å². The number of amides is 3. The second-order valence-corrected chi connectivity index (χ2v) is 13.1. The molecule has 5 rings (SSSR count). The number of nitrogens with one attached hydrogen (secondary N) is 2. The Kier molecular flexibility index (Phi) is 11.5. The number of rotatable bonds is 13. The largest absolute Gasteiger partial charge is 0.443 e. The standard InChI is InChI=1S/C34H46N6O9/c1-34(2,33(47)39-15-13-36-14-16-39)37-26(43)8-3-5-20-9-11-21(12-10-20)17-22-6-4-7-23-27(22)31(38-40(23)18-25(35)42)49-32-30(46)29(45)28(44)24(19-41)48-32/h4,6-7,9-12,24,28-30,32,36,41,44-46H,3,5,8,13-19H2,1-2H3,(H2,35,42)(H,37,43)/t24-,28-,29+,30-,32+/m1/s1. The van der Waals surface area contributed by atoms with E-state index in [-0.39, 0.29) is 30.7 Å². The lowest BCUT2D eigenvalue weighted by Gasteiger charge is -2.39. The summed E-state index contributed by atoms with van der Waals surface area (Å²) in [5.74, 6) is -0.864. The molecule has 2 saturated heterocycles. The third-order valence-electron chi connectivity index (χ3n) is 8.89. The molecular formula is C34H46N6O9. The number of hydrogen-bond donors (Lipinski definition) is 7. The van der Waals surface area contributed by atoms with Crippen molar-refractivity contribution >= 4 is 28.6 Å². The number of piperazine rings is 1. The first-order valence-electron chi connectivity index (χ1n) is 16.5. The van der Waals surface area contributed by atoms with Gasteiger partial charge in [-0.3, -0.25) is 19.1 Å². The highest BCUT2D eigenvalue weighted by molar-refractivity contribution is 5.91. The highest BCUT2D eigenvalue weighted by Crippen LogP contribution is 2.33. The van der Waals surface area contributed by atoms with E-state index in [1.54, 1.807) is 24.8 Å². The average Bonchev–Trinajstić information content (AvgIpc) is 3.42. The SMILES string of the molecule is CC(C)(NC(=O)CCCc1ccc(Cc2cccc3c2c(O[C@@H]2O[C@H](CO)[C@@H](O)[C@H](O)[C@H]2O)nn3CC(N)=O)cc1)C(=O)N1CCNCC1. The third-order valence-corrected chi connectivity index (χ3v) is 8.89. The van der Waals surface area contributed by atoms with E-state index >= 15 is 0 Å². The number of aliphatic hydroxyl groups is 4. The summed E-state index contributed by atoms with van der Waals surface area (Å²) in [5.41, 5.74) is 7.83. The van der Waals surface area contributed by atoms with Gasteiger partial charge in [0.05, 0.1) is 17.5 Å². The number of aromatic nitrogens is 2. The fourth-order valence-electron chi connectivity index (χ4n) is 6.26. The Bertz CT molecular complexity index is 1620. The van der Waals surface area contributed by atoms with E-state index < -0.39 is 48.8 Å². The molecule has 49 heavy (non-hydrogen) atoms. The first-order chi connectivity index (χ1) is 23.4. The molecule has 15 nitrogen and oxygen atoms in total. The number of benzene rings is 2. The van der Waals surface area contributed by atoms with E-state index in [0.717, 1.165) is 29.8 Å². The average molecular weight is 683 g/mol. The van der Waals surface area contributed by atoms with Gasteiger partial charge in [0.1, 0.15) is 36.5 Å². The van der Waals surface area contributed by atoms with Crippen LogP contribution in [0, 0.1) is 0 Å². The Morgan fingerprint density at radius 2 is 1.73 bits per heavy atom. The molecule has 15 heteroatoms. The third kappa shape index (κ3) is 8.55. The molecule has 2 fully saturated rings. The lowest BCUT2D eigenvalue weighted by molar-refractivity contribution is -0.278. The Balaban J connectivity index is 1.24. The molecule has 0 saturated carbocycles. The number of nitrogens with two attached hydrogens (primary N) is 1. The van der Waals surface area contributed by atoms with Crippen LogP contribution in [0.5, 0.6) is 5.88 Å². The highest BCUT2D eigenvalue weighted by Gasteiger charge is 2.45. The molecule has 8 N–H and O–H groups in total. The van der Waals surface area contributed by atoms with Crippen LogP contribution in [0.2, 0.25) is 0 Å². The molecule has 0 unspecified atom stereocenters. The van der Waals surface area contributed by atoms with Crippen molar-refractivity contribution in [2.45, 2.75) is 82.3 Å². The first kappa shape index (κ1) is 36.2. The first-order valence-corrected chi connectivity index (χ1v) is 16.5. The highest BCUT2D eigenvalue weighted by atomic mass is 16.7. The van der Waals surface area contributed by atoms with Crippen molar-refractivity contribution in [3.8, 4) is 5.88 Å². The maximum Gasteiger partial charge on any atom is 0.247 e. The quantitative estimate of drug-likeness (QED) is 0.115. The summed E-state index contributed by atoms with van der Waals surface area (Å²) < 4.78 is 12.8. The van der Waals surface area contributed by atoms with Crippen LogP contribution in [0.15, 0.2) is 42.5 Å². The summed E-state index contributed by atoms with van der Waals surface area (Å²) >= 11 is 0. The molecule has 2 aromatic carbocycles. The molecule has 3 heterocycles. The van der Waals surface area contributed by atoms with Gasteiger partial charge in [-0.15, -0.1) is 5.10 Å². The molecule has 266 valence electrons. The molecule has 2 aliphatic rings. The summed E-state index contributed by atoms with van der Waals surface area (Å²) in [7, 11) is 0. The summed E-state index contributed by atoms with van der Waals surface area (Å²) in [5, 5.41) is 51.6. The monoisotopic (exact) mass is 682 g/mol. The van der Waals surface area contributed by atoms with Gasteiger partial charge in [-0.1, -0.05) is 36.4 Å². The molecule has 3 aromatic rings. The molecule has 0 spiro atoms. The van der Waals surface area contributed by atoms with Gasteiger partial charge in [0.2, 0.25) is 29.9 Å². The van der Waals surface area contributed by atoms with Crippen molar-refractivity contribution in [3.05, 3.63) is 59.2 Å². The Morgan fingerprint density at radius 3 is 2.41 bits per heavy atom. The van der Waals surface area contributed by atoms with Crippen molar-refractivity contribution < 1.29 is 44.3 Å². The molecule has 5 atom stereocenters. The second-order valence-electron chi connectivity index (χ2n) is 13.1. The lowest BCUT2D eigenvalue weighted by atomic mass is 9.98. The summed E-state index contributed by atoms with van der Waals surface area (Å²) in [4.78, 5) is 39.2. The Labute approximate surface area is 284 Å². The van der Waals surface area contributed by atoms with Gasteiger partial charge in [-0.25, -0.2) is 0 Å². The molecule has 0 aliphatic carbocycles. The van der Waals surface area contributed by atoms with Crippen LogP contribution in [0.25, 0.3) is 10.9 Å². The Hall–Kier alpha value is -4.12. The van der Waals surface area contributed by atoms with E-state index in [0.29, 0.717) is 43.3 Å². The number of hydrogen-bond acceptors (Lipinski definition) is 11. The molecule has 2 aliphatic heterocycles. The maximum atomic E-state index is 12.9. The van der Waals surface area contributed by atoms with Crippen molar-refractivity contribution in [2.24, 2.45) is 5.73 Å². The number of aryl methyl sites for hydroxylation is 1. The number of fused-ring (bicyclic) bond motifs is 1. The van der Waals surface area contributed by atoms with Gasteiger partial charge in [0.25, 0.3) is 0 Å². The van der Waals surface area contributed by atoms with Crippen LogP contribution in [0.4, 0.5) is 0 Å². The molecule has 0 bridgehead atoms. The number of primary amides is 1. The zero-order chi connectivity index (χ0) is 35.3. The van der Waals surface area contributed by atoms with Gasteiger partial charge in [0, 0.05) is 32.6 Å². The maximum absolute atomic E-state index is 12.9. The number of ether oxygens (including phenoxy) is 2. The van der Waals surface area contributed by atoms with Gasteiger partial charge >= 0.3 is 0 Å². The second kappa shape index (κ2) is 15.6. The number of aliphatic hydroxyl groups excluding tert-OH is 4. The van der Waals surface area contributed by atoms with Gasteiger partial charge in [-0.05, 0) is 55.9 Å². The smallest absolute Gasteiger partial charge is 0.247 e. The van der Waals surface area contributed by atoms with Crippen LogP contribution in [0.3, 0.4) is 0 Å². The van der Waals surface area contributed by atoms with Crippen molar-refractivity contribution in [1.82, 2.24) is 25.3 Å². The van der Waals surface area contributed by atoms with E-state index in [1.165, 1.54) is 4.68 Å². The van der Waals surface area contributed by atoms with Gasteiger partial charge in [-0.2, -0.15) is 0 Å². The summed E-state index contributed by atoms with van der Waals surface area (Å²) in [6.07, 6.45) is -5.46. The summed E-state index contributed by atoms with van der Waals surface area (Å²) in [6, 6.07) is 13.4. The molecule has 3 amide bonds. The fraction of sp³-hybridized carbons (Fsp3) is 0.529. The molecule has 0 radical (unpaired) electrons. The van der Waals surface area contributed by atoms with Crippen molar-refractivity contribution in [3.63, 3.8) is 0 Å². The minimum absolute atomic E-state index is 0.0175. The van der Waals surface area contributed by atoms with Crippen LogP contribution in [0.1, 0.15) is 43.4 Å². The molecule has 1 aromatic heterocycles. The van der Waals surface area contributed by atoms with E-state index in [9.17, 15) is 34.8 Å². The number of nitrogens with zero attached hydrogens (tertiary/aromatic N) is 3.